The summed E-state index contributed by atoms with van der Waals surface area (Å²) in [6, 6.07) is 24.4. The number of pyridine rings is 1. The number of hydrogen-bond donors (Lipinski definition) is 1. The van der Waals surface area contributed by atoms with E-state index in [1.807, 2.05) is 46.9 Å². The molecule has 0 radical (unpaired) electrons. The normalized spacial score (nSPS) is 12.8. The van der Waals surface area contributed by atoms with Crippen LogP contribution in [0.1, 0.15) is 121 Å². The molecule has 1 heterocycles. The van der Waals surface area contributed by atoms with E-state index in [4.69, 9.17) is 10.1 Å². The molecule has 4 heteroatoms. The second kappa shape index (κ2) is 20.9. The second-order valence-corrected chi connectivity index (χ2v) is 11.1. The van der Waals surface area contributed by atoms with Gasteiger partial charge in [0.2, 0.25) is 0 Å². The summed E-state index contributed by atoms with van der Waals surface area (Å²) in [5.41, 5.74) is 10.6. The summed E-state index contributed by atoms with van der Waals surface area (Å²) < 4.78 is 12.5. The Bertz CT molecular complexity index is 1520. The molecule has 1 N–H and O–H groups in total. The molecule has 3 aromatic carbocycles. The third-order valence-corrected chi connectivity index (χ3v) is 7.83. The van der Waals surface area contributed by atoms with Gasteiger partial charge in [-0.2, -0.15) is 0 Å². The van der Waals surface area contributed by atoms with Crippen molar-refractivity contribution in [2.24, 2.45) is 4.99 Å². The first-order valence-electron chi connectivity index (χ1n) is 17.2. The van der Waals surface area contributed by atoms with Crippen LogP contribution in [0.15, 0.2) is 96.3 Å². The number of aliphatic imine (C=N–C) groups is 1. The zero-order valence-corrected chi connectivity index (χ0v) is 29.4. The molecule has 1 aliphatic carbocycles. The maximum Gasteiger partial charge on any atom is 0.164 e. The minimum absolute atomic E-state index is 0.254. The van der Waals surface area contributed by atoms with Crippen molar-refractivity contribution in [2.75, 3.05) is 0 Å². The van der Waals surface area contributed by atoms with E-state index in [0.29, 0.717) is 0 Å². The number of hydrogen-bond acceptors (Lipinski definition) is 3. The molecular formula is C42H55FN2O. The molecule has 1 aromatic heterocycles. The van der Waals surface area contributed by atoms with E-state index in [1.165, 1.54) is 59.2 Å². The number of aromatic hydroxyl groups is 1. The van der Waals surface area contributed by atoms with E-state index in [0.717, 1.165) is 54.1 Å². The average molecular weight is 623 g/mol. The van der Waals surface area contributed by atoms with Crippen LogP contribution in [-0.2, 0) is 6.42 Å². The molecule has 46 heavy (non-hydrogen) atoms. The van der Waals surface area contributed by atoms with Crippen LogP contribution < -0.4 is 0 Å². The largest absolute Gasteiger partial charge is 0.505 e. The first-order valence-corrected chi connectivity index (χ1v) is 17.2. The van der Waals surface area contributed by atoms with Crippen molar-refractivity contribution in [1.29, 1.82) is 0 Å². The van der Waals surface area contributed by atoms with Crippen molar-refractivity contribution < 1.29 is 9.50 Å². The molecule has 0 atom stereocenters. The molecule has 0 unspecified atom stereocenters. The molecule has 0 bridgehead atoms. The first-order chi connectivity index (χ1) is 22.4. The fourth-order valence-electron chi connectivity index (χ4n) is 5.23. The second-order valence-electron chi connectivity index (χ2n) is 11.1. The van der Waals surface area contributed by atoms with Gasteiger partial charge < -0.3 is 5.11 Å². The van der Waals surface area contributed by atoms with Crippen molar-refractivity contribution >= 4 is 11.4 Å². The predicted molar refractivity (Wildman–Crippen MR) is 197 cm³/mol. The van der Waals surface area contributed by atoms with Crippen LogP contribution in [0.3, 0.4) is 0 Å². The summed E-state index contributed by atoms with van der Waals surface area (Å²) in [5, 5.41) is 8.95. The number of unbranched alkanes of at least 4 members (excludes halogenated alkanes) is 1. The zero-order valence-electron chi connectivity index (χ0n) is 29.4. The first kappa shape index (κ1) is 38.1. The van der Waals surface area contributed by atoms with Crippen LogP contribution in [0.25, 0.3) is 16.8 Å². The van der Waals surface area contributed by atoms with Gasteiger partial charge in [-0.3, -0.25) is 9.98 Å². The van der Waals surface area contributed by atoms with Crippen molar-refractivity contribution in [1.82, 2.24) is 4.98 Å². The van der Waals surface area contributed by atoms with Crippen molar-refractivity contribution in [3.05, 3.63) is 125 Å². The molecule has 0 aliphatic heterocycles. The van der Waals surface area contributed by atoms with Gasteiger partial charge in [-0.25, -0.2) is 4.39 Å². The molecule has 246 valence electrons. The molecular weight excluding hydrogens is 567 g/mol. The Morgan fingerprint density at radius 2 is 1.65 bits per heavy atom. The van der Waals surface area contributed by atoms with Gasteiger partial charge in [-0.15, -0.1) is 0 Å². The lowest BCUT2D eigenvalue weighted by atomic mass is 9.79. The third-order valence-electron chi connectivity index (χ3n) is 7.83. The summed E-state index contributed by atoms with van der Waals surface area (Å²) in [5.74, 6) is -0.0451. The van der Waals surface area contributed by atoms with Crippen LogP contribution in [0.2, 0.25) is 0 Å². The van der Waals surface area contributed by atoms with Gasteiger partial charge in [0.05, 0.1) is 5.70 Å². The Morgan fingerprint density at radius 1 is 0.913 bits per heavy atom. The van der Waals surface area contributed by atoms with Crippen molar-refractivity contribution in [3.63, 3.8) is 0 Å². The topological polar surface area (TPSA) is 45.5 Å². The van der Waals surface area contributed by atoms with Gasteiger partial charge in [0.1, 0.15) is 0 Å². The quantitative estimate of drug-likeness (QED) is 0.189. The number of aromatic nitrogens is 1. The smallest absolute Gasteiger partial charge is 0.164 e. The van der Waals surface area contributed by atoms with Gasteiger partial charge in [-0.1, -0.05) is 115 Å². The number of halogens is 1. The van der Waals surface area contributed by atoms with Crippen molar-refractivity contribution in [3.8, 4) is 16.9 Å². The number of benzene rings is 3. The highest BCUT2D eigenvalue weighted by Crippen LogP contribution is 2.37. The highest BCUT2D eigenvalue weighted by atomic mass is 19.1. The van der Waals surface area contributed by atoms with Crippen molar-refractivity contribution in [2.45, 2.75) is 106 Å². The Kier molecular flexibility index (Phi) is 17.3. The van der Waals surface area contributed by atoms with E-state index < -0.39 is 5.82 Å². The van der Waals surface area contributed by atoms with Gasteiger partial charge in [0.25, 0.3) is 0 Å². The maximum atomic E-state index is 12.5. The predicted octanol–water partition coefficient (Wildman–Crippen LogP) is 12.5. The molecule has 1 aliphatic rings. The standard InChI is InChI=1S/C29H32N2.C9H11FO.2C2H6/c1-4-5-14-29(27-13-8-17-30-20-27)31-22(3)28-16-15-26(18-21(28)2)25-12-7-11-24(19-25)23-9-6-10-23;1-2-3-7-4-5-8(10)9(11)6-7;2*1-2/h7-8,11-20,23H,4-6,9-10H2,1-3H3;4-6,11H,2-3H2,1H3;2*1-2H3/b29-14+,31-22?;;;. The highest BCUT2D eigenvalue weighted by Gasteiger charge is 2.19. The van der Waals surface area contributed by atoms with Gasteiger partial charge in [0, 0.05) is 23.7 Å². The summed E-state index contributed by atoms with van der Waals surface area (Å²) in [6.45, 7) is 16.5. The van der Waals surface area contributed by atoms with Crippen LogP contribution in [-0.4, -0.2) is 15.8 Å². The average Bonchev–Trinajstić information content (AvgIpc) is 3.06. The molecule has 1 fully saturated rings. The van der Waals surface area contributed by atoms with Crippen LogP contribution in [0.4, 0.5) is 4.39 Å². The number of rotatable bonds is 9. The Morgan fingerprint density at radius 3 is 2.24 bits per heavy atom. The fourth-order valence-corrected chi connectivity index (χ4v) is 5.23. The van der Waals surface area contributed by atoms with Crippen LogP contribution >= 0.6 is 0 Å². The summed E-state index contributed by atoms with van der Waals surface area (Å²) in [6.07, 6.45) is 14.0. The minimum Gasteiger partial charge on any atom is -0.505 e. The van der Waals surface area contributed by atoms with Gasteiger partial charge in [0.15, 0.2) is 11.6 Å². The Hall–Kier alpha value is -4.05. The highest BCUT2D eigenvalue weighted by molar-refractivity contribution is 6.03. The van der Waals surface area contributed by atoms with Gasteiger partial charge >= 0.3 is 0 Å². The van der Waals surface area contributed by atoms with E-state index in [1.54, 1.807) is 12.3 Å². The van der Waals surface area contributed by atoms with Crippen LogP contribution in [0, 0.1) is 12.7 Å². The molecule has 5 rings (SSSR count). The van der Waals surface area contributed by atoms with Crippen LogP contribution in [0.5, 0.6) is 5.75 Å². The third kappa shape index (κ3) is 11.4. The Labute approximate surface area is 278 Å². The summed E-state index contributed by atoms with van der Waals surface area (Å²) >= 11 is 0. The number of nitrogens with zero attached hydrogens (tertiary/aromatic N) is 2. The molecule has 1 saturated carbocycles. The maximum absolute atomic E-state index is 12.5. The van der Waals surface area contributed by atoms with E-state index in [9.17, 15) is 4.39 Å². The minimum atomic E-state index is -0.551. The molecule has 4 aromatic rings. The number of allylic oxidation sites excluding steroid dienone is 1. The fraction of sp³-hybridized carbons (Fsp3) is 0.381. The zero-order chi connectivity index (χ0) is 33.9. The lowest BCUT2D eigenvalue weighted by molar-refractivity contribution is 0.420. The Balaban J connectivity index is 0.000000411. The number of phenolic OH excluding ortho intramolecular Hbond substituents is 1. The summed E-state index contributed by atoms with van der Waals surface area (Å²) in [4.78, 5) is 9.29. The van der Waals surface area contributed by atoms with E-state index in [2.05, 4.69) is 80.4 Å². The monoisotopic (exact) mass is 622 g/mol. The number of phenols is 1. The molecule has 3 nitrogen and oxygen atoms in total. The summed E-state index contributed by atoms with van der Waals surface area (Å²) in [7, 11) is 0. The lowest BCUT2D eigenvalue weighted by Gasteiger charge is -2.26. The lowest BCUT2D eigenvalue weighted by Crippen LogP contribution is -2.08. The number of aryl methyl sites for hydroxylation is 2. The molecule has 0 amide bonds. The molecule has 0 saturated heterocycles. The molecule has 0 spiro atoms. The van der Waals surface area contributed by atoms with E-state index in [-0.39, 0.29) is 5.75 Å². The SMILES string of the molecule is CC.CC.CCC/C=C(/N=C(C)c1ccc(-c2cccc(C3CCC3)c2)cc1C)c1cccnc1.CCCc1ccc(F)c(O)c1. The van der Waals surface area contributed by atoms with E-state index >= 15 is 0 Å². The van der Waals surface area contributed by atoms with Gasteiger partial charge in [-0.05, 0) is 103 Å².